The summed E-state index contributed by atoms with van der Waals surface area (Å²) >= 11 is 5.79. The van der Waals surface area contributed by atoms with Crippen LogP contribution < -0.4 is 10.7 Å². The number of hydrogen-bond donors (Lipinski definition) is 1. The summed E-state index contributed by atoms with van der Waals surface area (Å²) in [6.07, 6.45) is 0.155. The van der Waals surface area contributed by atoms with Crippen LogP contribution in [0.25, 0.3) is 11.0 Å². The first-order valence-electron chi connectivity index (χ1n) is 6.55. The molecule has 0 spiro atoms. The highest BCUT2D eigenvalue weighted by Gasteiger charge is 2.15. The largest absolute Gasteiger partial charge is 0.450 e. The summed E-state index contributed by atoms with van der Waals surface area (Å²) < 4.78 is 10.0. The molecule has 1 aromatic heterocycles. The molecular formula is C15H11ClN2O5. The maximum atomic E-state index is 11.9. The fourth-order valence-electron chi connectivity index (χ4n) is 1.74. The van der Waals surface area contributed by atoms with Crippen molar-refractivity contribution in [1.82, 2.24) is 5.32 Å². The minimum atomic E-state index is -0.936. The summed E-state index contributed by atoms with van der Waals surface area (Å²) in [5.41, 5.74) is -0.258. The number of amides is 1. The highest BCUT2D eigenvalue weighted by atomic mass is 35.5. The second kappa shape index (κ2) is 7.42. The Morgan fingerprint density at radius 2 is 2.13 bits per heavy atom. The number of fused-ring (bicyclic) bond motifs is 1. The minimum absolute atomic E-state index is 0.155. The number of halogens is 1. The van der Waals surface area contributed by atoms with Gasteiger partial charge in [-0.2, -0.15) is 5.26 Å². The molecule has 0 fully saturated rings. The highest BCUT2D eigenvalue weighted by molar-refractivity contribution is 6.31. The van der Waals surface area contributed by atoms with Crippen LogP contribution >= 0.6 is 11.6 Å². The topological polar surface area (TPSA) is 109 Å². The normalized spacial score (nSPS) is 10.1. The van der Waals surface area contributed by atoms with E-state index in [1.165, 1.54) is 18.2 Å². The SMILES string of the molecule is N#CCCNC(=O)COC(=O)c1cc(=O)c2cc(Cl)ccc2o1. The highest BCUT2D eigenvalue weighted by Crippen LogP contribution is 2.17. The summed E-state index contributed by atoms with van der Waals surface area (Å²) in [6, 6.07) is 7.25. The molecule has 0 aliphatic carbocycles. The van der Waals surface area contributed by atoms with Gasteiger partial charge < -0.3 is 14.5 Å². The number of nitrogens with zero attached hydrogens (tertiary/aromatic N) is 1. The van der Waals surface area contributed by atoms with Gasteiger partial charge in [-0.1, -0.05) is 11.6 Å². The van der Waals surface area contributed by atoms with Crippen LogP contribution in [0.1, 0.15) is 17.0 Å². The number of nitrogens with one attached hydrogen (secondary N) is 1. The molecule has 0 saturated heterocycles. The average Bonchev–Trinajstić information content (AvgIpc) is 2.53. The number of carbonyl (C=O) groups is 2. The molecule has 1 aromatic carbocycles. The van der Waals surface area contributed by atoms with Gasteiger partial charge in [0.15, 0.2) is 12.0 Å². The summed E-state index contributed by atoms with van der Waals surface area (Å²) in [4.78, 5) is 35.1. The van der Waals surface area contributed by atoms with E-state index in [1.54, 1.807) is 0 Å². The molecule has 118 valence electrons. The molecule has 0 atom stereocenters. The van der Waals surface area contributed by atoms with Crippen molar-refractivity contribution in [1.29, 1.82) is 5.26 Å². The molecule has 0 unspecified atom stereocenters. The fraction of sp³-hybridized carbons (Fsp3) is 0.200. The van der Waals surface area contributed by atoms with Crippen molar-refractivity contribution in [3.63, 3.8) is 0 Å². The van der Waals surface area contributed by atoms with Crippen LogP contribution in [0.4, 0.5) is 0 Å². The second-order valence-corrected chi connectivity index (χ2v) is 4.89. The van der Waals surface area contributed by atoms with Gasteiger partial charge >= 0.3 is 5.97 Å². The molecule has 1 heterocycles. The predicted octanol–water partition coefficient (Wildman–Crippen LogP) is 1.63. The van der Waals surface area contributed by atoms with Crippen molar-refractivity contribution in [3.8, 4) is 6.07 Å². The lowest BCUT2D eigenvalue weighted by atomic mass is 10.2. The second-order valence-electron chi connectivity index (χ2n) is 4.45. The molecule has 2 aromatic rings. The van der Waals surface area contributed by atoms with Gasteiger partial charge in [0.2, 0.25) is 5.76 Å². The molecule has 1 amide bonds. The zero-order valence-electron chi connectivity index (χ0n) is 11.8. The fourth-order valence-corrected chi connectivity index (χ4v) is 1.91. The zero-order chi connectivity index (χ0) is 16.8. The molecule has 0 bridgehead atoms. The first-order valence-corrected chi connectivity index (χ1v) is 6.93. The van der Waals surface area contributed by atoms with Gasteiger partial charge in [0.05, 0.1) is 17.9 Å². The maximum absolute atomic E-state index is 11.9. The van der Waals surface area contributed by atoms with E-state index in [0.29, 0.717) is 5.02 Å². The van der Waals surface area contributed by atoms with Crippen LogP contribution in [0.15, 0.2) is 33.5 Å². The first kappa shape index (κ1) is 16.5. The van der Waals surface area contributed by atoms with Crippen LogP contribution in [0.2, 0.25) is 5.02 Å². The van der Waals surface area contributed by atoms with Gasteiger partial charge in [0.25, 0.3) is 5.91 Å². The summed E-state index contributed by atoms with van der Waals surface area (Å²) in [5, 5.41) is 11.3. The number of nitriles is 1. The Kier molecular flexibility index (Phi) is 5.33. The molecule has 7 nitrogen and oxygen atoms in total. The van der Waals surface area contributed by atoms with E-state index in [1.807, 2.05) is 6.07 Å². The Labute approximate surface area is 135 Å². The Hall–Kier alpha value is -2.85. The van der Waals surface area contributed by atoms with Crippen molar-refractivity contribution in [2.24, 2.45) is 0 Å². The van der Waals surface area contributed by atoms with Crippen LogP contribution in [-0.2, 0) is 9.53 Å². The van der Waals surface area contributed by atoms with Crippen LogP contribution in [0, 0.1) is 11.3 Å². The third-order valence-electron chi connectivity index (χ3n) is 2.78. The van der Waals surface area contributed by atoms with E-state index < -0.39 is 23.9 Å². The first-order chi connectivity index (χ1) is 11.0. The van der Waals surface area contributed by atoms with E-state index in [9.17, 15) is 14.4 Å². The molecular weight excluding hydrogens is 324 g/mol. The molecule has 8 heteroatoms. The van der Waals surface area contributed by atoms with Gasteiger partial charge in [-0.3, -0.25) is 9.59 Å². The van der Waals surface area contributed by atoms with Crippen molar-refractivity contribution < 1.29 is 18.7 Å². The number of rotatable bonds is 5. The van der Waals surface area contributed by atoms with Gasteiger partial charge in [-0.25, -0.2) is 4.79 Å². The van der Waals surface area contributed by atoms with Crippen molar-refractivity contribution in [2.45, 2.75) is 6.42 Å². The van der Waals surface area contributed by atoms with Gasteiger partial charge in [-0.15, -0.1) is 0 Å². The summed E-state index contributed by atoms with van der Waals surface area (Å²) in [5.74, 6) is -1.80. The number of carbonyl (C=O) groups excluding carboxylic acids is 2. The van der Waals surface area contributed by atoms with E-state index in [4.69, 9.17) is 26.0 Å². The molecule has 1 N–H and O–H groups in total. The standard InChI is InChI=1S/C15H11ClN2O5/c16-9-2-3-12-10(6-9)11(19)7-13(23-12)15(21)22-8-14(20)18-5-1-4-17/h2-3,6-7H,1,5,8H2,(H,18,20). The third-order valence-corrected chi connectivity index (χ3v) is 3.02. The van der Waals surface area contributed by atoms with Crippen LogP contribution in [0.3, 0.4) is 0 Å². The van der Waals surface area contributed by atoms with Gasteiger partial charge in [0, 0.05) is 17.6 Å². The lowest BCUT2D eigenvalue weighted by molar-refractivity contribution is -0.124. The Bertz CT molecular complexity index is 853. The third kappa shape index (κ3) is 4.31. The molecule has 0 aliphatic heterocycles. The Balaban J connectivity index is 2.07. The Morgan fingerprint density at radius 3 is 2.87 bits per heavy atom. The van der Waals surface area contributed by atoms with E-state index in [2.05, 4.69) is 5.32 Å². The Morgan fingerprint density at radius 1 is 1.35 bits per heavy atom. The maximum Gasteiger partial charge on any atom is 0.374 e. The lowest BCUT2D eigenvalue weighted by Gasteiger charge is -2.05. The number of hydrogen-bond acceptors (Lipinski definition) is 6. The van der Waals surface area contributed by atoms with Crippen molar-refractivity contribution in [2.75, 3.05) is 13.2 Å². The predicted molar refractivity (Wildman–Crippen MR) is 81.0 cm³/mol. The van der Waals surface area contributed by atoms with E-state index in [-0.39, 0.29) is 29.7 Å². The van der Waals surface area contributed by atoms with E-state index in [0.717, 1.165) is 6.07 Å². The smallest absolute Gasteiger partial charge is 0.374 e. The monoisotopic (exact) mass is 334 g/mol. The van der Waals surface area contributed by atoms with Crippen LogP contribution in [0.5, 0.6) is 0 Å². The quantitative estimate of drug-likeness (QED) is 0.657. The molecule has 23 heavy (non-hydrogen) atoms. The molecule has 0 radical (unpaired) electrons. The average molecular weight is 335 g/mol. The molecule has 0 aliphatic rings. The molecule has 0 saturated carbocycles. The minimum Gasteiger partial charge on any atom is -0.450 e. The summed E-state index contributed by atoms with van der Waals surface area (Å²) in [7, 11) is 0. The zero-order valence-corrected chi connectivity index (χ0v) is 12.6. The number of esters is 1. The van der Waals surface area contributed by atoms with E-state index >= 15 is 0 Å². The lowest BCUT2D eigenvalue weighted by Crippen LogP contribution is -2.29. The van der Waals surface area contributed by atoms with Crippen molar-refractivity contribution >= 4 is 34.4 Å². The number of benzene rings is 1. The van der Waals surface area contributed by atoms with Crippen LogP contribution in [-0.4, -0.2) is 25.0 Å². The molecule has 2 rings (SSSR count). The van der Waals surface area contributed by atoms with Gasteiger partial charge in [0.1, 0.15) is 5.58 Å². The van der Waals surface area contributed by atoms with Crippen molar-refractivity contribution in [3.05, 3.63) is 45.3 Å². The summed E-state index contributed by atoms with van der Waals surface area (Å²) in [6.45, 7) is -0.370. The number of ether oxygens (including phenoxy) is 1. The van der Waals surface area contributed by atoms with Gasteiger partial charge in [-0.05, 0) is 18.2 Å².